The number of hydrogen-bond acceptors (Lipinski definition) is 6. The Balaban J connectivity index is 1.33. The van der Waals surface area contributed by atoms with Crippen LogP contribution in [0.15, 0.2) is 97.5 Å². The van der Waals surface area contributed by atoms with Gasteiger partial charge in [0.05, 0.1) is 19.5 Å². The van der Waals surface area contributed by atoms with E-state index >= 15 is 0 Å². The Kier molecular flexibility index (Phi) is 9.29. The van der Waals surface area contributed by atoms with E-state index in [0.717, 1.165) is 45.9 Å². The van der Waals surface area contributed by atoms with Crippen molar-refractivity contribution in [3.8, 4) is 0 Å². The summed E-state index contributed by atoms with van der Waals surface area (Å²) in [7, 11) is 0. The van der Waals surface area contributed by atoms with Crippen molar-refractivity contribution in [3.05, 3.63) is 109 Å². The van der Waals surface area contributed by atoms with Gasteiger partial charge in [-0.3, -0.25) is 14.6 Å². The van der Waals surface area contributed by atoms with Crippen LogP contribution in [0.25, 0.3) is 21.5 Å². The van der Waals surface area contributed by atoms with Gasteiger partial charge in [-0.1, -0.05) is 79.7 Å². The number of carbonyl (C=O) groups is 2. The minimum Gasteiger partial charge on any atom is -0.463 e. The number of rotatable bonds is 11. The Morgan fingerprint density at radius 3 is 2.48 bits per heavy atom. The Hall–Kier alpha value is -4.53. The lowest BCUT2D eigenvalue weighted by molar-refractivity contribution is -0.147. The van der Waals surface area contributed by atoms with Crippen LogP contribution in [0.5, 0.6) is 0 Å². The molecule has 0 bridgehead atoms. The summed E-state index contributed by atoms with van der Waals surface area (Å²) in [5, 5.41) is 4.32. The van der Waals surface area contributed by atoms with Crippen molar-refractivity contribution in [2.24, 2.45) is 5.92 Å². The monoisotopic (exact) mass is 590 g/mol. The summed E-state index contributed by atoms with van der Waals surface area (Å²) in [4.78, 5) is 39.7. The third-order valence-electron chi connectivity index (χ3n) is 8.38. The maximum atomic E-state index is 14.6. The zero-order chi connectivity index (χ0) is 30.3. The number of benzene rings is 4. The van der Waals surface area contributed by atoms with Crippen molar-refractivity contribution in [3.63, 3.8) is 0 Å². The molecule has 1 unspecified atom stereocenters. The molecule has 0 radical (unpaired) electrons. The number of aromatic amines is 1. The van der Waals surface area contributed by atoms with Crippen molar-refractivity contribution in [2.45, 2.75) is 25.8 Å². The first-order valence-electron chi connectivity index (χ1n) is 15.3. The van der Waals surface area contributed by atoms with E-state index in [2.05, 4.69) is 39.1 Å². The van der Waals surface area contributed by atoms with Crippen LogP contribution in [-0.4, -0.2) is 72.2 Å². The van der Waals surface area contributed by atoms with Crippen LogP contribution in [0.1, 0.15) is 18.2 Å². The van der Waals surface area contributed by atoms with E-state index in [0.29, 0.717) is 31.9 Å². The Bertz CT molecular complexity index is 1710. The van der Waals surface area contributed by atoms with Gasteiger partial charge in [-0.2, -0.15) is 0 Å². The lowest BCUT2D eigenvalue weighted by atomic mass is 9.94. The molecule has 44 heavy (non-hydrogen) atoms. The summed E-state index contributed by atoms with van der Waals surface area (Å²) in [5.41, 5.74) is 2.51. The lowest BCUT2D eigenvalue weighted by Gasteiger charge is -2.33. The molecule has 5 aromatic rings. The molecule has 8 heteroatoms. The number of morpholine rings is 1. The predicted octanol–water partition coefficient (Wildman–Crippen LogP) is 5.41. The molecule has 1 amide bonds. The highest BCUT2D eigenvalue weighted by Crippen LogP contribution is 2.29. The van der Waals surface area contributed by atoms with Crippen molar-refractivity contribution < 1.29 is 19.1 Å². The number of H-pyrrole nitrogens is 1. The highest BCUT2D eigenvalue weighted by Gasteiger charge is 2.35. The second-order valence-corrected chi connectivity index (χ2v) is 11.4. The number of aromatic nitrogens is 2. The van der Waals surface area contributed by atoms with Crippen LogP contribution in [-0.2, 0) is 31.9 Å². The number of ether oxygens (including phenoxy) is 2. The molecule has 0 aliphatic carbocycles. The molecule has 2 atom stereocenters. The average molecular weight is 591 g/mol. The van der Waals surface area contributed by atoms with Crippen LogP contribution >= 0.6 is 0 Å². The quantitative estimate of drug-likeness (QED) is 0.207. The van der Waals surface area contributed by atoms with Crippen LogP contribution in [0, 0.1) is 5.92 Å². The molecule has 1 fully saturated rings. The highest BCUT2D eigenvalue weighted by atomic mass is 16.5. The summed E-state index contributed by atoms with van der Waals surface area (Å²) in [6.45, 7) is 5.77. The summed E-state index contributed by atoms with van der Waals surface area (Å²) in [6.07, 6.45) is 4.06. The number of fused-ring (bicyclic) bond motifs is 2. The summed E-state index contributed by atoms with van der Waals surface area (Å²) >= 11 is 0. The fourth-order valence-corrected chi connectivity index (χ4v) is 5.99. The molecule has 1 N–H and O–H groups in total. The van der Waals surface area contributed by atoms with Crippen LogP contribution in [0.4, 0.5) is 5.69 Å². The molecule has 6 rings (SSSR count). The molecule has 4 aromatic carbocycles. The lowest BCUT2D eigenvalue weighted by Crippen LogP contribution is -2.50. The standard InChI is InChI=1S/C36H38N4O4/c1-26(21-30-11-6-10-28-8-4-5-12-33(28)30)35(41)40(32-14-13-27-7-2-3-9-29(27)22-32)34(23-31-24-37-25-38-31)36(42)44-20-17-39-15-18-43-19-16-39/h2-14,22,24-26,34H,15-21,23H2,1H3,(H,37,38)/t26?,34-/m0/s1. The molecule has 0 saturated carbocycles. The number of amides is 1. The molecular weight excluding hydrogens is 552 g/mol. The minimum absolute atomic E-state index is 0.136. The smallest absolute Gasteiger partial charge is 0.329 e. The van der Waals surface area contributed by atoms with E-state index < -0.39 is 17.9 Å². The third kappa shape index (κ3) is 6.82. The van der Waals surface area contributed by atoms with Crippen LogP contribution in [0.2, 0.25) is 0 Å². The molecule has 0 spiro atoms. The van der Waals surface area contributed by atoms with Gasteiger partial charge in [-0.05, 0) is 45.7 Å². The largest absolute Gasteiger partial charge is 0.463 e. The molecule has 226 valence electrons. The van der Waals surface area contributed by atoms with E-state index in [-0.39, 0.29) is 18.9 Å². The predicted molar refractivity (Wildman–Crippen MR) is 173 cm³/mol. The van der Waals surface area contributed by atoms with Crippen molar-refractivity contribution in [1.29, 1.82) is 0 Å². The maximum Gasteiger partial charge on any atom is 0.329 e. The first-order valence-corrected chi connectivity index (χ1v) is 15.3. The number of hydrogen-bond donors (Lipinski definition) is 1. The van der Waals surface area contributed by atoms with Gasteiger partial charge in [-0.15, -0.1) is 0 Å². The first-order chi connectivity index (χ1) is 21.6. The Labute approximate surface area is 257 Å². The van der Waals surface area contributed by atoms with Gasteiger partial charge in [0.15, 0.2) is 0 Å². The Morgan fingerprint density at radius 2 is 1.68 bits per heavy atom. The van der Waals surface area contributed by atoms with Crippen molar-refractivity contribution in [2.75, 3.05) is 44.4 Å². The minimum atomic E-state index is -0.885. The van der Waals surface area contributed by atoms with E-state index in [1.807, 2.05) is 67.6 Å². The van der Waals surface area contributed by atoms with E-state index in [1.165, 1.54) is 0 Å². The van der Waals surface area contributed by atoms with Crippen molar-refractivity contribution in [1.82, 2.24) is 14.9 Å². The van der Waals surface area contributed by atoms with Crippen LogP contribution in [0.3, 0.4) is 0 Å². The molecule has 1 saturated heterocycles. The number of nitrogens with zero attached hydrogens (tertiary/aromatic N) is 3. The van der Waals surface area contributed by atoms with Gasteiger partial charge in [-0.25, -0.2) is 9.78 Å². The van der Waals surface area contributed by atoms with E-state index in [1.54, 1.807) is 17.4 Å². The number of esters is 1. The van der Waals surface area contributed by atoms with E-state index in [4.69, 9.17) is 9.47 Å². The second-order valence-electron chi connectivity index (χ2n) is 11.4. The molecule has 2 heterocycles. The number of anilines is 1. The zero-order valence-corrected chi connectivity index (χ0v) is 25.0. The zero-order valence-electron chi connectivity index (χ0n) is 25.0. The average Bonchev–Trinajstić information content (AvgIpc) is 3.58. The van der Waals surface area contributed by atoms with E-state index in [9.17, 15) is 9.59 Å². The molecule has 1 aromatic heterocycles. The van der Waals surface area contributed by atoms with Gasteiger partial charge >= 0.3 is 5.97 Å². The third-order valence-corrected chi connectivity index (χ3v) is 8.38. The normalized spacial score (nSPS) is 15.2. The first kappa shape index (κ1) is 29.5. The van der Waals surface area contributed by atoms with Crippen LogP contribution < -0.4 is 4.90 Å². The Morgan fingerprint density at radius 1 is 0.932 bits per heavy atom. The SMILES string of the molecule is CC(Cc1cccc2ccccc12)C(=O)N(c1ccc2ccccc2c1)[C@@H](Cc1cnc[nH]1)C(=O)OCCN1CCOCC1. The summed E-state index contributed by atoms with van der Waals surface area (Å²) < 4.78 is 11.3. The fraction of sp³-hybridized carbons (Fsp3) is 0.306. The highest BCUT2D eigenvalue weighted by molar-refractivity contribution is 6.02. The molecular formula is C36H38N4O4. The number of nitrogens with one attached hydrogen (secondary N) is 1. The van der Waals surface area contributed by atoms with Gasteiger partial charge in [0.2, 0.25) is 5.91 Å². The molecule has 1 aliphatic heterocycles. The number of carbonyl (C=O) groups excluding carboxylic acids is 2. The van der Waals surface area contributed by atoms with Crippen molar-refractivity contribution >= 4 is 39.1 Å². The van der Waals surface area contributed by atoms with Gasteiger partial charge in [0.1, 0.15) is 12.6 Å². The summed E-state index contributed by atoms with van der Waals surface area (Å²) in [6, 6.07) is 27.5. The number of imidazole rings is 1. The van der Waals surface area contributed by atoms with Gasteiger partial charge in [0, 0.05) is 49.6 Å². The topological polar surface area (TPSA) is 87.8 Å². The second kappa shape index (κ2) is 13.8. The summed E-state index contributed by atoms with van der Waals surface area (Å²) in [5.74, 6) is -0.979. The fourth-order valence-electron chi connectivity index (χ4n) is 5.99. The van der Waals surface area contributed by atoms with Gasteiger partial charge < -0.3 is 14.5 Å². The van der Waals surface area contributed by atoms with Gasteiger partial charge in [0.25, 0.3) is 0 Å². The molecule has 8 nitrogen and oxygen atoms in total. The maximum absolute atomic E-state index is 14.6. The molecule has 1 aliphatic rings.